The molecule has 1 aromatic rings. The van der Waals surface area contributed by atoms with Crippen LogP contribution in [0.2, 0.25) is 5.02 Å². The number of nitrogens with one attached hydrogen (secondary N) is 2. The Balaban J connectivity index is 2.27. The summed E-state index contributed by atoms with van der Waals surface area (Å²) in [6, 6.07) is 1.79. The molecule has 0 bridgehead atoms. The summed E-state index contributed by atoms with van der Waals surface area (Å²) in [5.74, 6) is 0.767. The molecule has 0 aliphatic heterocycles. The molecule has 0 spiro atoms. The molecule has 4 nitrogen and oxygen atoms in total. The van der Waals surface area contributed by atoms with Gasteiger partial charge in [-0.25, -0.2) is 4.98 Å². The van der Waals surface area contributed by atoms with Gasteiger partial charge in [-0.1, -0.05) is 11.6 Å². The lowest BCUT2D eigenvalue weighted by molar-refractivity contribution is 0.192. The lowest BCUT2D eigenvalue weighted by Crippen LogP contribution is -2.29. The van der Waals surface area contributed by atoms with Crippen LogP contribution in [-0.2, 0) is 0 Å². The second kappa shape index (κ2) is 7.06. The molecule has 0 aliphatic rings. The van der Waals surface area contributed by atoms with E-state index in [-0.39, 0.29) is 6.10 Å². The molecule has 90 valence electrons. The highest BCUT2D eigenvalue weighted by Gasteiger charge is 2.01. The maximum Gasteiger partial charge on any atom is 0.140 e. The average molecular weight is 309 g/mol. The van der Waals surface area contributed by atoms with Gasteiger partial charge in [0.2, 0.25) is 0 Å². The number of hydrogen-bond acceptors (Lipinski definition) is 4. The van der Waals surface area contributed by atoms with E-state index in [4.69, 9.17) is 16.7 Å². The van der Waals surface area contributed by atoms with Gasteiger partial charge in [-0.05, 0) is 28.9 Å². The molecule has 0 saturated carbocycles. The number of rotatable bonds is 6. The van der Waals surface area contributed by atoms with E-state index in [1.807, 2.05) is 0 Å². The molecule has 0 radical (unpaired) electrons. The molecule has 1 atom stereocenters. The molecule has 0 amide bonds. The fraction of sp³-hybridized carbons (Fsp3) is 0.500. The van der Waals surface area contributed by atoms with Crippen molar-refractivity contribution in [1.82, 2.24) is 10.3 Å². The molecular formula is C10H15BrClN3O. The van der Waals surface area contributed by atoms with Gasteiger partial charge in [0.25, 0.3) is 0 Å². The van der Waals surface area contributed by atoms with Crippen LogP contribution in [0.1, 0.15) is 6.92 Å². The molecule has 0 saturated heterocycles. The molecule has 16 heavy (non-hydrogen) atoms. The number of nitrogens with zero attached hydrogens (tertiary/aromatic N) is 1. The number of anilines is 1. The highest BCUT2D eigenvalue weighted by atomic mass is 79.9. The number of pyridine rings is 1. The van der Waals surface area contributed by atoms with Gasteiger partial charge in [0.1, 0.15) is 5.82 Å². The number of aliphatic hydroxyl groups is 1. The summed E-state index contributed by atoms with van der Waals surface area (Å²) >= 11 is 9.14. The first-order chi connectivity index (χ1) is 7.59. The van der Waals surface area contributed by atoms with Crippen molar-refractivity contribution in [3.8, 4) is 0 Å². The normalized spacial score (nSPS) is 12.5. The molecule has 3 N–H and O–H groups in total. The Morgan fingerprint density at radius 3 is 2.94 bits per heavy atom. The Bertz CT molecular complexity index is 336. The first kappa shape index (κ1) is 13.7. The highest BCUT2D eigenvalue weighted by Crippen LogP contribution is 2.22. The van der Waals surface area contributed by atoms with E-state index in [1.165, 1.54) is 0 Å². The summed E-state index contributed by atoms with van der Waals surface area (Å²) in [7, 11) is 0. The van der Waals surface area contributed by atoms with Gasteiger partial charge in [0, 0.05) is 25.8 Å². The Morgan fingerprint density at radius 2 is 2.31 bits per heavy atom. The molecule has 6 heteroatoms. The van der Waals surface area contributed by atoms with Crippen LogP contribution in [0.5, 0.6) is 0 Å². The van der Waals surface area contributed by atoms with E-state index in [9.17, 15) is 0 Å². The van der Waals surface area contributed by atoms with Crippen LogP contribution in [0.3, 0.4) is 0 Å². The molecule has 0 aromatic carbocycles. The monoisotopic (exact) mass is 307 g/mol. The molecule has 1 heterocycles. The predicted molar refractivity (Wildman–Crippen MR) is 70.0 cm³/mol. The Hall–Kier alpha value is -0.360. The first-order valence-electron chi connectivity index (χ1n) is 5.03. The molecule has 1 rings (SSSR count). The predicted octanol–water partition coefficient (Wildman–Crippen LogP) is 1.88. The standard InChI is InChI=1S/C10H15BrClN3O/c1-7(16)5-13-2-3-14-10-9(11)4-8(12)6-15-10/h4,6-7,13,16H,2-3,5H2,1H3,(H,14,15). The van der Waals surface area contributed by atoms with E-state index in [0.717, 1.165) is 23.4 Å². The third-order valence-electron chi connectivity index (χ3n) is 1.84. The minimum atomic E-state index is -0.319. The third-order valence-corrected chi connectivity index (χ3v) is 2.65. The van der Waals surface area contributed by atoms with Crippen molar-refractivity contribution in [2.75, 3.05) is 25.0 Å². The van der Waals surface area contributed by atoms with Crippen LogP contribution in [0, 0.1) is 0 Å². The van der Waals surface area contributed by atoms with Crippen LogP contribution in [-0.4, -0.2) is 35.8 Å². The molecule has 0 aliphatic carbocycles. The summed E-state index contributed by atoms with van der Waals surface area (Å²) in [5, 5.41) is 15.9. The number of aliphatic hydroxyl groups excluding tert-OH is 1. The van der Waals surface area contributed by atoms with Crippen molar-refractivity contribution in [1.29, 1.82) is 0 Å². The van der Waals surface area contributed by atoms with Gasteiger partial charge in [0.15, 0.2) is 0 Å². The van der Waals surface area contributed by atoms with Crippen LogP contribution in [0.15, 0.2) is 16.7 Å². The minimum Gasteiger partial charge on any atom is -0.392 e. The first-order valence-corrected chi connectivity index (χ1v) is 6.20. The average Bonchev–Trinajstić information content (AvgIpc) is 2.20. The van der Waals surface area contributed by atoms with Crippen LogP contribution in [0.4, 0.5) is 5.82 Å². The van der Waals surface area contributed by atoms with Crippen LogP contribution in [0.25, 0.3) is 0 Å². The van der Waals surface area contributed by atoms with Gasteiger partial charge in [-0.2, -0.15) is 0 Å². The van der Waals surface area contributed by atoms with Crippen molar-refractivity contribution >= 4 is 33.3 Å². The zero-order chi connectivity index (χ0) is 12.0. The zero-order valence-electron chi connectivity index (χ0n) is 9.00. The topological polar surface area (TPSA) is 57.2 Å². The van der Waals surface area contributed by atoms with E-state index < -0.39 is 0 Å². The SMILES string of the molecule is CC(O)CNCCNc1ncc(Cl)cc1Br. The molecule has 1 aromatic heterocycles. The van der Waals surface area contributed by atoms with Crippen molar-refractivity contribution in [3.63, 3.8) is 0 Å². The fourth-order valence-electron chi connectivity index (χ4n) is 1.12. The molecule has 1 unspecified atom stereocenters. The largest absolute Gasteiger partial charge is 0.392 e. The maximum absolute atomic E-state index is 9.03. The lowest BCUT2D eigenvalue weighted by Gasteiger charge is -2.09. The summed E-state index contributed by atoms with van der Waals surface area (Å²) in [6.45, 7) is 3.84. The smallest absolute Gasteiger partial charge is 0.140 e. The van der Waals surface area contributed by atoms with Gasteiger partial charge >= 0.3 is 0 Å². The fourth-order valence-corrected chi connectivity index (χ4v) is 1.90. The third kappa shape index (κ3) is 5.12. The van der Waals surface area contributed by atoms with Crippen molar-refractivity contribution in [2.45, 2.75) is 13.0 Å². The quantitative estimate of drug-likeness (QED) is 0.702. The summed E-state index contributed by atoms with van der Waals surface area (Å²) in [5.41, 5.74) is 0. The molecular weight excluding hydrogens is 293 g/mol. The van der Waals surface area contributed by atoms with Crippen molar-refractivity contribution < 1.29 is 5.11 Å². The minimum absolute atomic E-state index is 0.319. The lowest BCUT2D eigenvalue weighted by atomic mass is 10.4. The number of hydrogen-bond donors (Lipinski definition) is 3. The Labute approximate surface area is 109 Å². The summed E-state index contributed by atoms with van der Waals surface area (Å²) < 4.78 is 0.843. The number of halogens is 2. The van der Waals surface area contributed by atoms with Crippen molar-refractivity contribution in [3.05, 3.63) is 21.8 Å². The molecule has 0 fully saturated rings. The second-order valence-electron chi connectivity index (χ2n) is 3.46. The van der Waals surface area contributed by atoms with E-state index in [2.05, 4.69) is 31.5 Å². The van der Waals surface area contributed by atoms with E-state index in [1.54, 1.807) is 19.2 Å². The van der Waals surface area contributed by atoms with Gasteiger partial charge < -0.3 is 15.7 Å². The van der Waals surface area contributed by atoms with Crippen LogP contribution >= 0.6 is 27.5 Å². The van der Waals surface area contributed by atoms with Crippen molar-refractivity contribution in [2.24, 2.45) is 0 Å². The maximum atomic E-state index is 9.03. The summed E-state index contributed by atoms with van der Waals surface area (Å²) in [6.07, 6.45) is 1.28. The van der Waals surface area contributed by atoms with E-state index in [0.29, 0.717) is 11.6 Å². The number of aromatic nitrogens is 1. The highest BCUT2D eigenvalue weighted by molar-refractivity contribution is 9.10. The Morgan fingerprint density at radius 1 is 1.56 bits per heavy atom. The summed E-state index contributed by atoms with van der Waals surface area (Å²) in [4.78, 5) is 4.14. The van der Waals surface area contributed by atoms with Gasteiger partial charge in [0.05, 0.1) is 15.6 Å². The van der Waals surface area contributed by atoms with Crippen LogP contribution < -0.4 is 10.6 Å². The second-order valence-corrected chi connectivity index (χ2v) is 4.75. The Kier molecular flexibility index (Phi) is 6.05. The van der Waals surface area contributed by atoms with E-state index >= 15 is 0 Å². The van der Waals surface area contributed by atoms with Gasteiger partial charge in [-0.3, -0.25) is 0 Å². The van der Waals surface area contributed by atoms with Gasteiger partial charge in [-0.15, -0.1) is 0 Å². The zero-order valence-corrected chi connectivity index (χ0v) is 11.3.